The van der Waals surface area contributed by atoms with Crippen molar-refractivity contribution in [3.05, 3.63) is 57.8 Å². The van der Waals surface area contributed by atoms with E-state index in [9.17, 15) is 9.59 Å². The Labute approximate surface area is 144 Å². The van der Waals surface area contributed by atoms with Crippen LogP contribution in [0.1, 0.15) is 23.5 Å². The van der Waals surface area contributed by atoms with Gasteiger partial charge in [-0.05, 0) is 32.3 Å². The Hall–Kier alpha value is -2.96. The molecule has 0 spiro atoms. The Kier molecular flexibility index (Phi) is 4.92. The van der Waals surface area contributed by atoms with E-state index in [1.54, 1.807) is 13.8 Å². The number of rotatable bonds is 6. The van der Waals surface area contributed by atoms with Gasteiger partial charge < -0.3 is 9.84 Å². The van der Waals surface area contributed by atoms with Gasteiger partial charge in [-0.15, -0.1) is 0 Å². The molecule has 25 heavy (non-hydrogen) atoms. The molecule has 1 N–H and O–H groups in total. The number of carbonyl (C=O) groups is 1. The highest BCUT2D eigenvalue weighted by atomic mass is 16.5. The highest BCUT2D eigenvalue weighted by Gasteiger charge is 2.16. The Morgan fingerprint density at radius 3 is 2.76 bits per heavy atom. The van der Waals surface area contributed by atoms with Gasteiger partial charge in [0.05, 0.1) is 5.69 Å². The molecule has 7 heteroatoms. The highest BCUT2D eigenvalue weighted by molar-refractivity contribution is 5.77. The Balaban J connectivity index is 1.60. The number of nitrogens with one attached hydrogen (secondary N) is 1. The molecule has 2 aromatic heterocycles. The Morgan fingerprint density at radius 1 is 1.24 bits per heavy atom. The first kappa shape index (κ1) is 16.9. The van der Waals surface area contributed by atoms with E-state index in [2.05, 4.69) is 27.6 Å². The molecular formula is C18H20N4O3. The fraction of sp³-hybridized carbons (Fsp3) is 0.333. The van der Waals surface area contributed by atoms with Crippen molar-refractivity contribution >= 4 is 17.0 Å². The van der Waals surface area contributed by atoms with Crippen LogP contribution in [0.5, 0.6) is 0 Å². The van der Waals surface area contributed by atoms with Crippen molar-refractivity contribution < 1.29 is 9.32 Å². The molecule has 0 aliphatic heterocycles. The lowest BCUT2D eigenvalue weighted by Crippen LogP contribution is -2.34. The van der Waals surface area contributed by atoms with Gasteiger partial charge in [0.1, 0.15) is 17.8 Å². The first-order valence-corrected chi connectivity index (χ1v) is 8.20. The van der Waals surface area contributed by atoms with Gasteiger partial charge in [-0.2, -0.15) is 4.98 Å². The second kappa shape index (κ2) is 7.29. The quantitative estimate of drug-likeness (QED) is 0.691. The van der Waals surface area contributed by atoms with Gasteiger partial charge >= 0.3 is 0 Å². The third-order valence-corrected chi connectivity index (χ3v) is 4.07. The van der Waals surface area contributed by atoms with E-state index in [1.807, 2.05) is 18.2 Å². The van der Waals surface area contributed by atoms with Crippen molar-refractivity contribution in [1.29, 1.82) is 0 Å². The fourth-order valence-electron chi connectivity index (χ4n) is 2.72. The monoisotopic (exact) mass is 340 g/mol. The summed E-state index contributed by atoms with van der Waals surface area (Å²) >= 11 is 0. The summed E-state index contributed by atoms with van der Waals surface area (Å²) in [6.45, 7) is 3.84. The Bertz CT molecular complexity index is 944. The number of hydrogen-bond acceptors (Lipinski definition) is 5. The summed E-state index contributed by atoms with van der Waals surface area (Å²) in [4.78, 5) is 28.9. The zero-order valence-electron chi connectivity index (χ0n) is 14.3. The number of aryl methyl sites for hydroxylation is 3. The van der Waals surface area contributed by atoms with Crippen molar-refractivity contribution in [2.75, 3.05) is 6.54 Å². The third-order valence-electron chi connectivity index (χ3n) is 4.07. The van der Waals surface area contributed by atoms with Crippen molar-refractivity contribution in [3.63, 3.8) is 0 Å². The van der Waals surface area contributed by atoms with Crippen molar-refractivity contribution in [1.82, 2.24) is 20.0 Å². The van der Waals surface area contributed by atoms with Gasteiger partial charge in [0.2, 0.25) is 5.91 Å². The van der Waals surface area contributed by atoms with Gasteiger partial charge in [0.25, 0.3) is 11.3 Å². The number of carbonyl (C=O) groups excluding carboxylic acids is 1. The van der Waals surface area contributed by atoms with E-state index in [4.69, 9.17) is 4.52 Å². The van der Waals surface area contributed by atoms with Crippen LogP contribution in [0, 0.1) is 13.8 Å². The minimum atomic E-state index is -0.305. The molecule has 0 radical (unpaired) electrons. The maximum Gasteiger partial charge on any atom is 0.267 e. The lowest BCUT2D eigenvalue weighted by Gasteiger charge is -2.09. The van der Waals surface area contributed by atoms with E-state index in [0.717, 1.165) is 12.8 Å². The molecule has 3 aromatic rings. The van der Waals surface area contributed by atoms with Gasteiger partial charge in [0.15, 0.2) is 0 Å². The normalized spacial score (nSPS) is 11.0. The van der Waals surface area contributed by atoms with E-state index in [1.165, 1.54) is 10.1 Å². The zero-order valence-corrected chi connectivity index (χ0v) is 14.3. The molecule has 0 fully saturated rings. The summed E-state index contributed by atoms with van der Waals surface area (Å²) in [5, 5.41) is 6.92. The number of fused-ring (bicyclic) bond motifs is 1. The Morgan fingerprint density at radius 2 is 2.00 bits per heavy atom. The van der Waals surface area contributed by atoms with Crippen LogP contribution in [0.25, 0.3) is 11.1 Å². The summed E-state index contributed by atoms with van der Waals surface area (Å²) in [7, 11) is 0. The number of hydrogen-bond donors (Lipinski definition) is 1. The largest absolute Gasteiger partial charge is 0.355 e. The lowest BCUT2D eigenvalue weighted by atomic mass is 10.1. The first-order chi connectivity index (χ1) is 12.1. The van der Waals surface area contributed by atoms with Crippen molar-refractivity contribution in [2.45, 2.75) is 33.2 Å². The number of amides is 1. The SMILES string of the molecule is Cc1noc2nc(C)n(CC(=O)NCCCc3ccccc3)c(=O)c12. The van der Waals surface area contributed by atoms with Gasteiger partial charge in [-0.1, -0.05) is 35.5 Å². The second-order valence-electron chi connectivity index (χ2n) is 5.94. The number of nitrogens with zero attached hydrogens (tertiary/aromatic N) is 3. The number of aromatic nitrogens is 3. The molecule has 1 aromatic carbocycles. The molecule has 0 saturated carbocycles. The molecule has 0 bridgehead atoms. The smallest absolute Gasteiger partial charge is 0.267 e. The van der Waals surface area contributed by atoms with Crippen molar-refractivity contribution in [3.8, 4) is 0 Å². The molecule has 3 rings (SSSR count). The molecule has 7 nitrogen and oxygen atoms in total. The van der Waals surface area contributed by atoms with Crippen LogP contribution in [-0.2, 0) is 17.8 Å². The molecule has 0 aliphatic carbocycles. The van der Waals surface area contributed by atoms with Crippen molar-refractivity contribution in [2.24, 2.45) is 0 Å². The van der Waals surface area contributed by atoms with E-state index in [-0.39, 0.29) is 23.7 Å². The molecule has 0 atom stereocenters. The van der Waals surface area contributed by atoms with E-state index < -0.39 is 0 Å². The van der Waals surface area contributed by atoms with E-state index in [0.29, 0.717) is 23.4 Å². The molecule has 0 saturated heterocycles. The average molecular weight is 340 g/mol. The minimum Gasteiger partial charge on any atom is -0.355 e. The molecule has 1 amide bonds. The fourth-order valence-corrected chi connectivity index (χ4v) is 2.72. The van der Waals surface area contributed by atoms with Crippen LogP contribution in [0.3, 0.4) is 0 Å². The lowest BCUT2D eigenvalue weighted by molar-refractivity contribution is -0.121. The summed E-state index contributed by atoms with van der Waals surface area (Å²) in [6.07, 6.45) is 1.74. The van der Waals surface area contributed by atoms with Crippen LogP contribution >= 0.6 is 0 Å². The van der Waals surface area contributed by atoms with Gasteiger partial charge in [-0.25, -0.2) is 0 Å². The summed E-state index contributed by atoms with van der Waals surface area (Å²) in [5.74, 6) is 0.210. The standard InChI is InChI=1S/C18H20N4O3/c1-12-16-17(25-21-12)20-13(2)22(18(16)24)11-15(23)19-10-6-9-14-7-4-3-5-8-14/h3-5,7-8H,6,9-11H2,1-2H3,(H,19,23). The van der Waals surface area contributed by atoms with Gasteiger partial charge in [-0.3, -0.25) is 14.2 Å². The number of benzene rings is 1. The van der Waals surface area contributed by atoms with Crippen LogP contribution in [-0.4, -0.2) is 27.2 Å². The molecule has 130 valence electrons. The molecule has 2 heterocycles. The predicted molar refractivity (Wildman–Crippen MR) is 93.3 cm³/mol. The first-order valence-electron chi connectivity index (χ1n) is 8.20. The highest BCUT2D eigenvalue weighted by Crippen LogP contribution is 2.11. The predicted octanol–water partition coefficient (Wildman–Crippen LogP) is 1.75. The topological polar surface area (TPSA) is 90.0 Å². The minimum absolute atomic E-state index is 0.0659. The zero-order chi connectivity index (χ0) is 17.8. The summed E-state index contributed by atoms with van der Waals surface area (Å²) < 4.78 is 6.36. The van der Waals surface area contributed by atoms with E-state index >= 15 is 0 Å². The molecule has 0 aliphatic rings. The summed E-state index contributed by atoms with van der Waals surface area (Å²) in [6, 6.07) is 10.1. The molecular weight excluding hydrogens is 320 g/mol. The second-order valence-corrected chi connectivity index (χ2v) is 5.94. The van der Waals surface area contributed by atoms with Crippen LogP contribution in [0.4, 0.5) is 0 Å². The average Bonchev–Trinajstić information content (AvgIpc) is 2.97. The van der Waals surface area contributed by atoms with Crippen LogP contribution < -0.4 is 10.9 Å². The molecule has 0 unspecified atom stereocenters. The summed E-state index contributed by atoms with van der Waals surface area (Å²) in [5.41, 5.74) is 1.62. The maximum absolute atomic E-state index is 12.5. The third kappa shape index (κ3) is 3.76. The van der Waals surface area contributed by atoms with Crippen LogP contribution in [0.2, 0.25) is 0 Å². The van der Waals surface area contributed by atoms with Crippen LogP contribution in [0.15, 0.2) is 39.6 Å². The maximum atomic E-state index is 12.5. The van der Waals surface area contributed by atoms with Gasteiger partial charge in [0, 0.05) is 6.54 Å².